The molecule has 3 aromatic carbocycles. The first-order chi connectivity index (χ1) is 17.2. The lowest BCUT2D eigenvalue weighted by Gasteiger charge is -2.44. The zero-order chi connectivity index (χ0) is 23.8. The van der Waals surface area contributed by atoms with Gasteiger partial charge in [0, 0.05) is 66.3 Å². The van der Waals surface area contributed by atoms with E-state index in [2.05, 4.69) is 68.6 Å². The molecule has 0 spiro atoms. The minimum absolute atomic E-state index is 0.0355. The van der Waals surface area contributed by atoms with Gasteiger partial charge in [-0.3, -0.25) is 9.69 Å². The third kappa shape index (κ3) is 4.19. The van der Waals surface area contributed by atoms with Gasteiger partial charge in [-0.2, -0.15) is 0 Å². The summed E-state index contributed by atoms with van der Waals surface area (Å²) in [6, 6.07) is 24.2. The van der Waals surface area contributed by atoms with Crippen LogP contribution in [0.3, 0.4) is 0 Å². The number of H-pyrrole nitrogens is 1. The molecule has 5 nitrogen and oxygen atoms in total. The van der Waals surface area contributed by atoms with Crippen molar-refractivity contribution in [1.29, 1.82) is 0 Å². The molecule has 178 valence electrons. The zero-order valence-corrected chi connectivity index (χ0v) is 20.3. The van der Waals surface area contributed by atoms with Crippen LogP contribution in [-0.4, -0.2) is 53.9 Å². The van der Waals surface area contributed by atoms with Crippen LogP contribution in [-0.2, 0) is 6.42 Å². The SMILES string of the molecule is O=C(c1ccccc1Cl)C(C1CCc2ccccc2N1)N1CCN(c2cccc3[nH]ccc23)CC1. The molecule has 0 bridgehead atoms. The van der Waals surface area contributed by atoms with Gasteiger partial charge in [0.2, 0.25) is 0 Å². The summed E-state index contributed by atoms with van der Waals surface area (Å²) >= 11 is 6.50. The van der Waals surface area contributed by atoms with Crippen molar-refractivity contribution in [2.24, 2.45) is 0 Å². The summed E-state index contributed by atoms with van der Waals surface area (Å²) in [7, 11) is 0. The third-order valence-electron chi connectivity index (χ3n) is 7.49. The number of hydrogen-bond donors (Lipinski definition) is 2. The maximum Gasteiger partial charge on any atom is 0.183 e. The molecular formula is C29H29ClN4O. The van der Waals surface area contributed by atoms with Crippen LogP contribution in [0.15, 0.2) is 79.0 Å². The third-order valence-corrected chi connectivity index (χ3v) is 7.82. The average Bonchev–Trinajstić information content (AvgIpc) is 3.39. The van der Waals surface area contributed by atoms with Crippen molar-refractivity contribution in [3.05, 3.63) is 95.1 Å². The maximum atomic E-state index is 14.0. The van der Waals surface area contributed by atoms with Gasteiger partial charge in [0.25, 0.3) is 0 Å². The highest BCUT2D eigenvalue weighted by Crippen LogP contribution is 2.32. The number of para-hydroxylation sites is 1. The molecule has 35 heavy (non-hydrogen) atoms. The number of carbonyl (C=O) groups is 1. The molecule has 2 unspecified atom stereocenters. The number of fused-ring (bicyclic) bond motifs is 2. The molecule has 0 saturated carbocycles. The molecule has 2 aliphatic rings. The van der Waals surface area contributed by atoms with Crippen molar-refractivity contribution in [2.75, 3.05) is 36.4 Å². The number of aromatic nitrogens is 1. The number of piperazine rings is 1. The molecule has 1 aromatic heterocycles. The van der Waals surface area contributed by atoms with Crippen LogP contribution in [0, 0.1) is 0 Å². The van der Waals surface area contributed by atoms with Gasteiger partial charge >= 0.3 is 0 Å². The van der Waals surface area contributed by atoms with Crippen LogP contribution in [0.2, 0.25) is 5.02 Å². The van der Waals surface area contributed by atoms with Crippen LogP contribution in [0.25, 0.3) is 10.9 Å². The summed E-state index contributed by atoms with van der Waals surface area (Å²) in [6.45, 7) is 3.39. The van der Waals surface area contributed by atoms with Crippen molar-refractivity contribution in [2.45, 2.75) is 24.9 Å². The fourth-order valence-electron chi connectivity index (χ4n) is 5.71. The predicted octanol–water partition coefficient (Wildman–Crippen LogP) is 5.62. The Balaban J connectivity index is 1.27. The van der Waals surface area contributed by atoms with E-state index in [1.807, 2.05) is 30.5 Å². The second-order valence-corrected chi connectivity index (χ2v) is 9.88. The number of rotatable bonds is 5. The highest BCUT2D eigenvalue weighted by molar-refractivity contribution is 6.34. The molecule has 1 fully saturated rings. The van der Waals surface area contributed by atoms with Crippen LogP contribution in [0.4, 0.5) is 11.4 Å². The molecule has 0 aliphatic carbocycles. The van der Waals surface area contributed by atoms with Gasteiger partial charge in [-0.15, -0.1) is 0 Å². The van der Waals surface area contributed by atoms with E-state index in [-0.39, 0.29) is 17.9 Å². The lowest BCUT2D eigenvalue weighted by Crippen LogP contribution is -2.58. The summed E-state index contributed by atoms with van der Waals surface area (Å²) in [5.74, 6) is 0.105. The minimum Gasteiger partial charge on any atom is -0.380 e. The smallest absolute Gasteiger partial charge is 0.183 e. The van der Waals surface area contributed by atoms with E-state index >= 15 is 0 Å². The van der Waals surface area contributed by atoms with Gasteiger partial charge in [0.15, 0.2) is 5.78 Å². The summed E-state index contributed by atoms with van der Waals surface area (Å²) in [6.07, 6.45) is 3.88. The van der Waals surface area contributed by atoms with Gasteiger partial charge in [-0.1, -0.05) is 48.0 Å². The molecule has 0 radical (unpaired) electrons. The van der Waals surface area contributed by atoms with E-state index in [0.717, 1.165) is 50.2 Å². The first-order valence-corrected chi connectivity index (χ1v) is 12.7. The summed E-state index contributed by atoms with van der Waals surface area (Å²) in [5, 5.41) is 5.47. The maximum absolute atomic E-state index is 14.0. The van der Waals surface area contributed by atoms with E-state index in [4.69, 9.17) is 11.6 Å². The number of anilines is 2. The van der Waals surface area contributed by atoms with Crippen LogP contribution in [0.5, 0.6) is 0 Å². The van der Waals surface area contributed by atoms with E-state index < -0.39 is 0 Å². The lowest BCUT2D eigenvalue weighted by molar-refractivity contribution is 0.0771. The van der Waals surface area contributed by atoms with Gasteiger partial charge in [0.1, 0.15) is 0 Å². The summed E-state index contributed by atoms with van der Waals surface area (Å²) in [4.78, 5) is 22.1. The zero-order valence-electron chi connectivity index (χ0n) is 19.6. The Morgan fingerprint density at radius 2 is 1.71 bits per heavy atom. The number of aromatic amines is 1. The average molecular weight is 485 g/mol. The number of Topliss-reactive ketones (excluding diaryl/α,β-unsaturated/α-hetero) is 1. The van der Waals surface area contributed by atoms with E-state index in [9.17, 15) is 4.79 Å². The molecule has 6 heteroatoms. The van der Waals surface area contributed by atoms with Crippen molar-refractivity contribution >= 4 is 39.7 Å². The lowest BCUT2D eigenvalue weighted by atomic mass is 9.88. The van der Waals surface area contributed by atoms with Crippen molar-refractivity contribution in [1.82, 2.24) is 9.88 Å². The molecule has 6 rings (SSSR count). The number of benzene rings is 3. The van der Waals surface area contributed by atoms with Crippen molar-refractivity contribution in [3.63, 3.8) is 0 Å². The van der Waals surface area contributed by atoms with Gasteiger partial charge in [-0.25, -0.2) is 0 Å². The highest BCUT2D eigenvalue weighted by Gasteiger charge is 2.38. The Labute approximate surface area is 210 Å². The second kappa shape index (κ2) is 9.40. The molecular weight excluding hydrogens is 456 g/mol. The van der Waals surface area contributed by atoms with E-state index in [0.29, 0.717) is 10.6 Å². The minimum atomic E-state index is -0.270. The Hall–Kier alpha value is -3.28. The molecule has 3 heterocycles. The fraction of sp³-hybridized carbons (Fsp3) is 0.276. The number of nitrogens with zero attached hydrogens (tertiary/aromatic N) is 2. The monoisotopic (exact) mass is 484 g/mol. The Morgan fingerprint density at radius 1 is 0.914 bits per heavy atom. The topological polar surface area (TPSA) is 51.4 Å². The molecule has 2 atom stereocenters. The van der Waals surface area contributed by atoms with Gasteiger partial charge < -0.3 is 15.2 Å². The van der Waals surface area contributed by atoms with Crippen molar-refractivity contribution in [3.8, 4) is 0 Å². The Bertz CT molecular complexity index is 1360. The van der Waals surface area contributed by atoms with E-state index in [1.165, 1.54) is 16.6 Å². The van der Waals surface area contributed by atoms with Crippen LogP contribution >= 0.6 is 11.6 Å². The number of ketones is 1. The molecule has 1 saturated heterocycles. The van der Waals surface area contributed by atoms with Crippen LogP contribution in [0.1, 0.15) is 22.3 Å². The normalized spacial score (nSPS) is 19.2. The van der Waals surface area contributed by atoms with Gasteiger partial charge in [-0.05, 0) is 54.8 Å². The molecule has 2 N–H and O–H groups in total. The molecule has 0 amide bonds. The van der Waals surface area contributed by atoms with E-state index in [1.54, 1.807) is 0 Å². The van der Waals surface area contributed by atoms with Crippen molar-refractivity contribution < 1.29 is 4.79 Å². The Kier molecular flexibility index (Phi) is 5.96. The van der Waals surface area contributed by atoms with Crippen LogP contribution < -0.4 is 10.2 Å². The summed E-state index contributed by atoms with van der Waals surface area (Å²) < 4.78 is 0. The first kappa shape index (κ1) is 22.2. The second-order valence-electron chi connectivity index (χ2n) is 9.47. The highest BCUT2D eigenvalue weighted by atomic mass is 35.5. The predicted molar refractivity (Wildman–Crippen MR) is 144 cm³/mol. The number of halogens is 1. The fourth-order valence-corrected chi connectivity index (χ4v) is 5.94. The largest absolute Gasteiger partial charge is 0.380 e. The molecule has 4 aromatic rings. The quantitative estimate of drug-likeness (QED) is 0.361. The number of aryl methyl sites for hydroxylation is 1. The number of carbonyl (C=O) groups excluding carboxylic acids is 1. The standard InChI is InChI=1S/C29H29ClN4O/c30-23-8-3-2-7-21(23)29(35)28(26-13-12-20-6-1-4-9-24(20)32-26)34-18-16-33(17-19-34)27-11-5-10-25-22(27)14-15-31-25/h1-11,14-15,26,28,31-32H,12-13,16-19H2. The number of nitrogens with one attached hydrogen (secondary N) is 2. The molecule has 2 aliphatic heterocycles. The first-order valence-electron chi connectivity index (χ1n) is 12.4. The van der Waals surface area contributed by atoms with Gasteiger partial charge in [0.05, 0.1) is 11.1 Å². The summed E-state index contributed by atoms with van der Waals surface area (Å²) in [5.41, 5.74) is 5.47. The number of hydrogen-bond acceptors (Lipinski definition) is 4. The Morgan fingerprint density at radius 3 is 2.57 bits per heavy atom.